The molecule has 0 aromatic heterocycles. The van der Waals surface area contributed by atoms with Crippen LogP contribution < -0.4 is 0 Å². The van der Waals surface area contributed by atoms with Crippen LogP contribution in [0.5, 0.6) is 5.75 Å². The standard InChI is InChI=1S/C17H29O5P.Ni/c1-8-21-23(19,20)22-11-12-9-13(16(2,3)4)15(18)14(10-12)17(5,6)7;/h9-10,18H,8,11H2,1-7H3,(H,19,20);. The summed E-state index contributed by atoms with van der Waals surface area (Å²) in [7, 11) is -4.04. The van der Waals surface area contributed by atoms with Crippen molar-refractivity contribution in [2.45, 2.75) is 65.9 Å². The van der Waals surface area contributed by atoms with Gasteiger partial charge in [0.2, 0.25) is 0 Å². The van der Waals surface area contributed by atoms with Crippen molar-refractivity contribution < 1.29 is 40.1 Å². The van der Waals surface area contributed by atoms with Crippen LogP contribution in [0.4, 0.5) is 0 Å². The van der Waals surface area contributed by atoms with Gasteiger partial charge < -0.3 is 10.00 Å². The van der Waals surface area contributed by atoms with Crippen molar-refractivity contribution in [1.82, 2.24) is 0 Å². The predicted molar refractivity (Wildman–Crippen MR) is 91.7 cm³/mol. The molecule has 2 N–H and O–H groups in total. The SMILES string of the molecule is CCOP(=O)(O)OCc1cc(C(C)(C)C)c(O)c(C(C)(C)C)c1.[Ni]. The Morgan fingerprint density at radius 3 is 1.75 bits per heavy atom. The quantitative estimate of drug-likeness (QED) is 0.554. The Morgan fingerprint density at radius 1 is 1.00 bits per heavy atom. The van der Waals surface area contributed by atoms with Crippen molar-refractivity contribution in [3.05, 3.63) is 28.8 Å². The molecule has 0 spiro atoms. The van der Waals surface area contributed by atoms with Crippen LogP contribution in [0.1, 0.15) is 65.2 Å². The average molecular weight is 403 g/mol. The molecule has 1 aromatic rings. The minimum Gasteiger partial charge on any atom is -0.507 e. The molecule has 7 heteroatoms. The summed E-state index contributed by atoms with van der Waals surface area (Å²) in [6.45, 7) is 13.7. The average Bonchev–Trinajstić information content (AvgIpc) is 2.34. The van der Waals surface area contributed by atoms with Gasteiger partial charge in [-0.1, -0.05) is 41.5 Å². The zero-order valence-electron chi connectivity index (χ0n) is 15.5. The summed E-state index contributed by atoms with van der Waals surface area (Å²) >= 11 is 0. The van der Waals surface area contributed by atoms with E-state index in [1.807, 2.05) is 53.7 Å². The maximum Gasteiger partial charge on any atom is 0.472 e. The maximum atomic E-state index is 11.7. The van der Waals surface area contributed by atoms with Gasteiger partial charge in [-0.25, -0.2) is 4.57 Å². The summed E-state index contributed by atoms with van der Waals surface area (Å²) in [6, 6.07) is 3.63. The van der Waals surface area contributed by atoms with Crippen molar-refractivity contribution in [3.8, 4) is 5.75 Å². The van der Waals surface area contributed by atoms with E-state index in [2.05, 4.69) is 0 Å². The molecule has 0 fully saturated rings. The van der Waals surface area contributed by atoms with Crippen LogP contribution in [0.2, 0.25) is 0 Å². The molecule has 0 heterocycles. The monoisotopic (exact) mass is 402 g/mol. The Balaban J connectivity index is 0.00000529. The van der Waals surface area contributed by atoms with E-state index in [0.29, 0.717) is 0 Å². The fraction of sp³-hybridized carbons (Fsp3) is 0.647. The number of phosphoric acid groups is 1. The summed E-state index contributed by atoms with van der Waals surface area (Å²) in [5, 5.41) is 10.6. The van der Waals surface area contributed by atoms with E-state index in [4.69, 9.17) is 9.05 Å². The van der Waals surface area contributed by atoms with Gasteiger partial charge in [-0.3, -0.25) is 9.05 Å². The van der Waals surface area contributed by atoms with Gasteiger partial charge in [-0.2, -0.15) is 0 Å². The third kappa shape index (κ3) is 6.50. The molecule has 5 nitrogen and oxygen atoms in total. The Morgan fingerprint density at radius 2 is 1.42 bits per heavy atom. The molecule has 0 radical (unpaired) electrons. The first kappa shape index (κ1) is 23.6. The van der Waals surface area contributed by atoms with Crippen LogP contribution >= 0.6 is 7.82 Å². The van der Waals surface area contributed by atoms with E-state index in [9.17, 15) is 14.6 Å². The van der Waals surface area contributed by atoms with Crippen molar-refractivity contribution in [2.75, 3.05) is 6.61 Å². The van der Waals surface area contributed by atoms with Crippen LogP contribution in [0.15, 0.2) is 12.1 Å². The van der Waals surface area contributed by atoms with Gasteiger partial charge in [0.15, 0.2) is 0 Å². The normalized spacial score (nSPS) is 14.8. The molecule has 0 aliphatic carbocycles. The van der Waals surface area contributed by atoms with Crippen molar-refractivity contribution >= 4 is 7.82 Å². The number of phenolic OH excluding ortho intramolecular Hbond substituents is 1. The second-order valence-corrected chi connectivity index (χ2v) is 9.15. The molecule has 1 aromatic carbocycles. The van der Waals surface area contributed by atoms with Gasteiger partial charge >= 0.3 is 7.82 Å². The fourth-order valence-electron chi connectivity index (χ4n) is 2.28. The molecule has 0 bridgehead atoms. The molecule has 0 aliphatic heterocycles. The Hall–Kier alpha value is -0.376. The number of hydrogen-bond donors (Lipinski definition) is 2. The molecule has 1 atom stereocenters. The maximum absolute atomic E-state index is 11.7. The summed E-state index contributed by atoms with van der Waals surface area (Å²) in [5.74, 6) is 0.269. The third-order valence-corrected chi connectivity index (χ3v) is 4.51. The summed E-state index contributed by atoms with van der Waals surface area (Å²) in [4.78, 5) is 9.55. The molecule has 24 heavy (non-hydrogen) atoms. The molecular weight excluding hydrogens is 374 g/mol. The number of phenols is 1. The number of benzene rings is 1. The Labute approximate surface area is 155 Å². The van der Waals surface area contributed by atoms with Gasteiger partial charge in [-0.05, 0) is 46.6 Å². The van der Waals surface area contributed by atoms with E-state index in [1.54, 1.807) is 6.92 Å². The zero-order valence-corrected chi connectivity index (χ0v) is 17.3. The minimum absolute atomic E-state index is 0. The van der Waals surface area contributed by atoms with E-state index in [-0.39, 0.29) is 46.3 Å². The first-order valence-electron chi connectivity index (χ1n) is 7.76. The minimum atomic E-state index is -4.04. The van der Waals surface area contributed by atoms with E-state index < -0.39 is 7.82 Å². The third-order valence-electron chi connectivity index (χ3n) is 3.47. The smallest absolute Gasteiger partial charge is 0.472 e. The summed E-state index contributed by atoms with van der Waals surface area (Å²) < 4.78 is 21.4. The number of rotatable bonds is 5. The fourth-order valence-corrected chi connectivity index (χ4v) is 2.99. The second-order valence-electron chi connectivity index (χ2n) is 7.70. The van der Waals surface area contributed by atoms with Crippen molar-refractivity contribution in [3.63, 3.8) is 0 Å². The molecule has 0 saturated carbocycles. The van der Waals surface area contributed by atoms with Gasteiger partial charge in [0.05, 0.1) is 13.2 Å². The van der Waals surface area contributed by atoms with E-state index in [0.717, 1.165) is 16.7 Å². The van der Waals surface area contributed by atoms with Crippen molar-refractivity contribution in [1.29, 1.82) is 0 Å². The Kier molecular flexibility index (Phi) is 8.20. The molecule has 0 saturated heterocycles. The number of phosphoric ester groups is 1. The van der Waals surface area contributed by atoms with Crippen LogP contribution in [-0.2, 0) is 47.5 Å². The van der Waals surface area contributed by atoms with Gasteiger partial charge in [0.1, 0.15) is 5.75 Å². The first-order valence-corrected chi connectivity index (χ1v) is 9.26. The predicted octanol–water partition coefficient (Wildman–Crippen LogP) is 4.64. The van der Waals surface area contributed by atoms with Crippen LogP contribution in [0.3, 0.4) is 0 Å². The molecule has 142 valence electrons. The molecule has 1 rings (SSSR count). The van der Waals surface area contributed by atoms with Crippen LogP contribution in [0.25, 0.3) is 0 Å². The van der Waals surface area contributed by atoms with Crippen molar-refractivity contribution in [2.24, 2.45) is 0 Å². The van der Waals surface area contributed by atoms with Gasteiger partial charge in [0.25, 0.3) is 0 Å². The van der Waals surface area contributed by atoms with Gasteiger partial charge in [0, 0.05) is 16.5 Å². The Bertz CT molecular complexity index is 567. The van der Waals surface area contributed by atoms with E-state index >= 15 is 0 Å². The zero-order chi connectivity index (χ0) is 18.1. The molecule has 0 amide bonds. The molecular formula is C17H29NiO5P. The number of aromatic hydroxyl groups is 1. The second kappa shape index (κ2) is 8.34. The van der Waals surface area contributed by atoms with Crippen LogP contribution in [-0.4, -0.2) is 16.6 Å². The topological polar surface area (TPSA) is 76.0 Å². The molecule has 1 unspecified atom stereocenters. The summed E-state index contributed by atoms with van der Waals surface area (Å²) in [6.07, 6.45) is 0. The van der Waals surface area contributed by atoms with Crippen LogP contribution in [0, 0.1) is 0 Å². The number of hydrogen-bond acceptors (Lipinski definition) is 4. The van der Waals surface area contributed by atoms with Gasteiger partial charge in [-0.15, -0.1) is 0 Å². The molecule has 0 aliphatic rings. The summed E-state index contributed by atoms with van der Waals surface area (Å²) in [5.41, 5.74) is 1.78. The van der Waals surface area contributed by atoms with E-state index in [1.165, 1.54) is 0 Å². The largest absolute Gasteiger partial charge is 0.507 e. The first-order chi connectivity index (χ1) is 10.3.